The average molecular weight is 242 g/mol. The quantitative estimate of drug-likeness (QED) is 0.611. The van der Waals surface area contributed by atoms with Gasteiger partial charge in [-0.1, -0.05) is 13.3 Å². The summed E-state index contributed by atoms with van der Waals surface area (Å²) in [5.74, 6) is -0.861. The Labute approximate surface area is 102 Å². The van der Waals surface area contributed by atoms with E-state index in [1.54, 1.807) is 0 Å². The molecule has 0 bridgehead atoms. The maximum Gasteiger partial charge on any atom is 0.303 e. The molecular formula is C12H22N2O3. The molecule has 3 N–H and O–H groups in total. The van der Waals surface area contributed by atoms with E-state index in [4.69, 9.17) is 5.11 Å². The van der Waals surface area contributed by atoms with Gasteiger partial charge in [-0.2, -0.15) is 0 Å². The van der Waals surface area contributed by atoms with Crippen LogP contribution in [0.2, 0.25) is 0 Å². The van der Waals surface area contributed by atoms with Crippen molar-refractivity contribution in [3.8, 4) is 0 Å². The fourth-order valence-electron chi connectivity index (χ4n) is 2.26. The zero-order chi connectivity index (χ0) is 12.9. The fourth-order valence-corrected chi connectivity index (χ4v) is 2.26. The Morgan fingerprint density at radius 1 is 1.41 bits per heavy atom. The van der Waals surface area contributed by atoms with Crippen LogP contribution in [-0.4, -0.2) is 37.1 Å². The van der Waals surface area contributed by atoms with Crippen LogP contribution in [0.5, 0.6) is 0 Å². The van der Waals surface area contributed by atoms with Crippen LogP contribution in [-0.2, 0) is 9.59 Å². The van der Waals surface area contributed by atoms with Crippen molar-refractivity contribution in [1.82, 2.24) is 10.6 Å². The number of carboxylic acids is 1. The summed E-state index contributed by atoms with van der Waals surface area (Å²) in [7, 11) is 1.81. The number of amides is 1. The Hall–Kier alpha value is -1.10. The summed E-state index contributed by atoms with van der Waals surface area (Å²) in [6, 6.07) is 0. The fraction of sp³-hybridized carbons (Fsp3) is 0.833. The summed E-state index contributed by atoms with van der Waals surface area (Å²) >= 11 is 0. The molecule has 5 nitrogen and oxygen atoms in total. The maximum absolute atomic E-state index is 11.7. The lowest BCUT2D eigenvalue weighted by Gasteiger charge is -2.41. The van der Waals surface area contributed by atoms with E-state index in [9.17, 15) is 9.59 Å². The van der Waals surface area contributed by atoms with Crippen LogP contribution in [0.15, 0.2) is 0 Å². The van der Waals surface area contributed by atoms with Crippen LogP contribution in [0.25, 0.3) is 0 Å². The van der Waals surface area contributed by atoms with Crippen molar-refractivity contribution in [2.75, 3.05) is 20.1 Å². The summed E-state index contributed by atoms with van der Waals surface area (Å²) in [5.41, 5.74) is -0.194. The van der Waals surface area contributed by atoms with Gasteiger partial charge in [0.15, 0.2) is 0 Å². The van der Waals surface area contributed by atoms with Gasteiger partial charge in [-0.15, -0.1) is 0 Å². The predicted octanol–water partition coefficient (Wildman–Crippen LogP) is 0.603. The van der Waals surface area contributed by atoms with Crippen molar-refractivity contribution in [3.05, 3.63) is 0 Å². The number of nitrogens with one attached hydrogen (secondary N) is 2. The molecule has 1 amide bonds. The number of hydrogen-bond acceptors (Lipinski definition) is 3. The Morgan fingerprint density at radius 2 is 2.06 bits per heavy atom. The highest BCUT2D eigenvalue weighted by Gasteiger charge is 2.39. The zero-order valence-corrected chi connectivity index (χ0v) is 10.6. The topological polar surface area (TPSA) is 78.4 Å². The summed E-state index contributed by atoms with van der Waals surface area (Å²) < 4.78 is 0. The lowest BCUT2D eigenvalue weighted by molar-refractivity contribution is -0.142. The lowest BCUT2D eigenvalue weighted by Crippen LogP contribution is -2.45. The van der Waals surface area contributed by atoms with Crippen molar-refractivity contribution >= 4 is 11.9 Å². The van der Waals surface area contributed by atoms with E-state index in [1.165, 1.54) is 0 Å². The van der Waals surface area contributed by atoms with E-state index in [0.717, 1.165) is 19.3 Å². The van der Waals surface area contributed by atoms with E-state index < -0.39 is 5.97 Å². The van der Waals surface area contributed by atoms with E-state index >= 15 is 0 Å². The Balaban J connectivity index is 2.37. The molecule has 5 heteroatoms. The monoisotopic (exact) mass is 242 g/mol. The minimum atomic E-state index is -0.776. The van der Waals surface area contributed by atoms with Gasteiger partial charge in [-0.25, -0.2) is 0 Å². The summed E-state index contributed by atoms with van der Waals surface area (Å²) in [5, 5.41) is 14.7. The minimum absolute atomic E-state index is 0.00369. The molecule has 1 fully saturated rings. The van der Waals surface area contributed by atoms with Gasteiger partial charge in [0, 0.05) is 19.0 Å². The standard InChI is InChI=1S/C12H22N2O3/c1-9(7-13-2)11(17)14-8-12(4-3-5-12)6-10(15)16/h9,13H,3-8H2,1-2H3,(H,14,17)(H,15,16). The third-order valence-electron chi connectivity index (χ3n) is 3.54. The summed E-state index contributed by atoms with van der Waals surface area (Å²) in [6.45, 7) is 2.99. The Morgan fingerprint density at radius 3 is 2.47 bits per heavy atom. The molecule has 0 radical (unpaired) electrons. The third-order valence-corrected chi connectivity index (χ3v) is 3.54. The molecule has 98 valence electrons. The minimum Gasteiger partial charge on any atom is -0.481 e. The summed E-state index contributed by atoms with van der Waals surface area (Å²) in [6.07, 6.45) is 3.03. The first-order valence-electron chi connectivity index (χ1n) is 6.13. The molecule has 17 heavy (non-hydrogen) atoms. The van der Waals surface area contributed by atoms with Crippen molar-refractivity contribution in [2.45, 2.75) is 32.6 Å². The van der Waals surface area contributed by atoms with Gasteiger partial charge in [-0.3, -0.25) is 9.59 Å². The molecule has 1 atom stereocenters. The first kappa shape index (κ1) is 14.0. The molecule has 1 saturated carbocycles. The highest BCUT2D eigenvalue weighted by Crippen LogP contribution is 2.43. The lowest BCUT2D eigenvalue weighted by atomic mass is 9.66. The first-order valence-corrected chi connectivity index (χ1v) is 6.13. The van der Waals surface area contributed by atoms with E-state index in [1.807, 2.05) is 14.0 Å². The maximum atomic E-state index is 11.7. The molecule has 0 aromatic heterocycles. The number of hydrogen-bond donors (Lipinski definition) is 3. The van der Waals surface area contributed by atoms with Crippen molar-refractivity contribution < 1.29 is 14.7 Å². The smallest absolute Gasteiger partial charge is 0.303 e. The highest BCUT2D eigenvalue weighted by molar-refractivity contribution is 5.78. The van der Waals surface area contributed by atoms with E-state index in [-0.39, 0.29) is 23.7 Å². The van der Waals surface area contributed by atoms with Crippen LogP contribution in [0.1, 0.15) is 32.6 Å². The van der Waals surface area contributed by atoms with Crippen LogP contribution < -0.4 is 10.6 Å². The number of carboxylic acid groups (broad SMARTS) is 1. The van der Waals surface area contributed by atoms with Crippen molar-refractivity contribution in [1.29, 1.82) is 0 Å². The SMILES string of the molecule is CNCC(C)C(=O)NCC1(CC(=O)O)CCC1. The normalized spacial score (nSPS) is 19.2. The zero-order valence-electron chi connectivity index (χ0n) is 10.6. The van der Waals surface area contributed by atoms with Crippen LogP contribution in [0, 0.1) is 11.3 Å². The van der Waals surface area contributed by atoms with Gasteiger partial charge >= 0.3 is 5.97 Å². The molecule has 0 aliphatic heterocycles. The van der Waals surface area contributed by atoms with Crippen LogP contribution >= 0.6 is 0 Å². The van der Waals surface area contributed by atoms with Gasteiger partial charge in [0.25, 0.3) is 0 Å². The van der Waals surface area contributed by atoms with Crippen LogP contribution in [0.3, 0.4) is 0 Å². The molecule has 0 saturated heterocycles. The molecule has 0 aromatic rings. The second-order valence-corrected chi connectivity index (χ2v) is 5.10. The third kappa shape index (κ3) is 4.00. The first-order chi connectivity index (χ1) is 7.99. The van der Waals surface area contributed by atoms with Gasteiger partial charge in [0.2, 0.25) is 5.91 Å². The van der Waals surface area contributed by atoms with Crippen molar-refractivity contribution in [2.24, 2.45) is 11.3 Å². The number of aliphatic carboxylic acids is 1. The number of rotatable bonds is 7. The number of carbonyl (C=O) groups excluding carboxylic acids is 1. The van der Waals surface area contributed by atoms with E-state index in [0.29, 0.717) is 13.1 Å². The Kier molecular flexibility index (Phi) is 4.93. The molecule has 0 aromatic carbocycles. The molecule has 1 aliphatic carbocycles. The van der Waals surface area contributed by atoms with Crippen LogP contribution in [0.4, 0.5) is 0 Å². The average Bonchev–Trinajstić information content (AvgIpc) is 2.21. The number of carbonyl (C=O) groups is 2. The molecule has 1 rings (SSSR count). The second-order valence-electron chi connectivity index (χ2n) is 5.10. The largest absolute Gasteiger partial charge is 0.481 e. The van der Waals surface area contributed by atoms with Crippen molar-refractivity contribution in [3.63, 3.8) is 0 Å². The molecule has 0 spiro atoms. The summed E-state index contributed by atoms with van der Waals surface area (Å²) in [4.78, 5) is 22.5. The highest BCUT2D eigenvalue weighted by atomic mass is 16.4. The van der Waals surface area contributed by atoms with Gasteiger partial charge < -0.3 is 15.7 Å². The molecule has 1 aliphatic rings. The molecule has 0 heterocycles. The Bertz CT molecular complexity index is 287. The van der Waals surface area contributed by atoms with Gasteiger partial charge in [0.1, 0.15) is 0 Å². The van der Waals surface area contributed by atoms with E-state index in [2.05, 4.69) is 10.6 Å². The molecule has 1 unspecified atom stereocenters. The predicted molar refractivity (Wildman–Crippen MR) is 64.6 cm³/mol. The molecular weight excluding hydrogens is 220 g/mol. The van der Waals surface area contributed by atoms with Gasteiger partial charge in [-0.05, 0) is 25.3 Å². The van der Waals surface area contributed by atoms with Gasteiger partial charge in [0.05, 0.1) is 6.42 Å². The second kappa shape index (κ2) is 6.00.